The van der Waals surface area contributed by atoms with E-state index in [1.807, 2.05) is 6.07 Å². The van der Waals surface area contributed by atoms with Crippen LogP contribution in [0.3, 0.4) is 0 Å². The van der Waals surface area contributed by atoms with Crippen LogP contribution in [0.5, 0.6) is 0 Å². The Morgan fingerprint density at radius 1 is 1.50 bits per heavy atom. The molecule has 2 heterocycles. The molecule has 0 saturated carbocycles. The molecule has 3 rings (SSSR count). The second-order valence-electron chi connectivity index (χ2n) is 5.70. The van der Waals surface area contributed by atoms with Crippen LogP contribution in [-0.4, -0.2) is 23.2 Å². The molecule has 2 saturated heterocycles. The fourth-order valence-electron chi connectivity index (χ4n) is 3.38. The van der Waals surface area contributed by atoms with E-state index in [1.165, 1.54) is 12.5 Å². The molecule has 1 N–H and O–H groups in total. The van der Waals surface area contributed by atoms with Crippen LogP contribution in [0.15, 0.2) is 24.3 Å². The lowest BCUT2D eigenvalue weighted by atomic mass is 9.93. The van der Waals surface area contributed by atoms with E-state index < -0.39 is 0 Å². The molecule has 2 aliphatic heterocycles. The van der Waals surface area contributed by atoms with Gasteiger partial charge in [0.1, 0.15) is 0 Å². The molecule has 2 bridgehead atoms. The van der Waals surface area contributed by atoms with E-state index in [-0.39, 0.29) is 16.7 Å². The van der Waals surface area contributed by atoms with E-state index in [0.29, 0.717) is 18.2 Å². The summed E-state index contributed by atoms with van der Waals surface area (Å²) in [7, 11) is 0. The van der Waals surface area contributed by atoms with Gasteiger partial charge in [0.05, 0.1) is 17.1 Å². The highest BCUT2D eigenvalue weighted by Gasteiger charge is 2.41. The van der Waals surface area contributed by atoms with Gasteiger partial charge in [-0.3, -0.25) is 10.1 Å². The van der Waals surface area contributed by atoms with Crippen LogP contribution in [0.2, 0.25) is 0 Å². The van der Waals surface area contributed by atoms with E-state index >= 15 is 0 Å². The highest BCUT2D eigenvalue weighted by Crippen LogP contribution is 2.36. The number of benzene rings is 1. The van der Waals surface area contributed by atoms with E-state index in [9.17, 15) is 10.1 Å². The van der Waals surface area contributed by atoms with Crippen LogP contribution in [-0.2, 0) is 4.74 Å². The molecule has 4 atom stereocenters. The highest BCUT2D eigenvalue weighted by molar-refractivity contribution is 5.35. The fourth-order valence-corrected chi connectivity index (χ4v) is 3.38. The summed E-state index contributed by atoms with van der Waals surface area (Å²) in [6.07, 6.45) is 5.03. The third-order valence-corrected chi connectivity index (χ3v) is 4.41. The minimum absolute atomic E-state index is 0.155. The first kappa shape index (κ1) is 13.5. The van der Waals surface area contributed by atoms with E-state index in [2.05, 4.69) is 12.2 Å². The van der Waals surface area contributed by atoms with Crippen molar-refractivity contribution in [1.29, 1.82) is 0 Å². The summed E-state index contributed by atoms with van der Waals surface area (Å²) >= 11 is 0. The number of non-ortho nitro benzene ring substituents is 1. The van der Waals surface area contributed by atoms with Crippen molar-refractivity contribution < 1.29 is 9.66 Å². The number of rotatable bonds is 5. The number of nitro groups is 1. The Hall–Kier alpha value is -1.46. The molecule has 20 heavy (non-hydrogen) atoms. The molecule has 1 aromatic rings. The molecule has 108 valence electrons. The summed E-state index contributed by atoms with van der Waals surface area (Å²) in [5.41, 5.74) is 1.15. The third-order valence-electron chi connectivity index (χ3n) is 4.41. The predicted octanol–water partition coefficient (Wildman–Crippen LogP) is 2.96. The fraction of sp³-hybridized carbons (Fsp3) is 0.600. The molecule has 2 aliphatic rings. The largest absolute Gasteiger partial charge is 0.373 e. The molecule has 5 heteroatoms. The normalized spacial score (nSPS) is 29.6. The van der Waals surface area contributed by atoms with Gasteiger partial charge in [0.15, 0.2) is 0 Å². The van der Waals surface area contributed by atoms with Gasteiger partial charge in [0.25, 0.3) is 5.69 Å². The van der Waals surface area contributed by atoms with Gasteiger partial charge < -0.3 is 10.1 Å². The zero-order chi connectivity index (χ0) is 14.1. The van der Waals surface area contributed by atoms with Gasteiger partial charge in [0.2, 0.25) is 0 Å². The Labute approximate surface area is 118 Å². The molecule has 0 aromatic heterocycles. The molecule has 2 fully saturated rings. The van der Waals surface area contributed by atoms with Gasteiger partial charge in [-0.15, -0.1) is 0 Å². The Bertz CT molecular complexity index is 506. The van der Waals surface area contributed by atoms with Crippen LogP contribution in [0, 0.1) is 10.1 Å². The van der Waals surface area contributed by atoms with Crippen LogP contribution in [0.4, 0.5) is 5.69 Å². The van der Waals surface area contributed by atoms with Crippen molar-refractivity contribution in [2.24, 2.45) is 0 Å². The lowest BCUT2D eigenvalue weighted by molar-refractivity contribution is -0.384. The number of hydrogen-bond acceptors (Lipinski definition) is 4. The second-order valence-corrected chi connectivity index (χ2v) is 5.70. The monoisotopic (exact) mass is 276 g/mol. The number of fused-ring (bicyclic) bond motifs is 2. The Kier molecular flexibility index (Phi) is 3.72. The standard InChI is InChI=1S/C15H20N2O3/c1-2-13(10-4-3-5-11(8-10)17(18)19)16-14-9-12-6-7-15(14)20-12/h3-5,8,12-16H,2,6-7,9H2,1H3. The molecule has 0 spiro atoms. The summed E-state index contributed by atoms with van der Waals surface area (Å²) in [6, 6.07) is 7.48. The maximum atomic E-state index is 10.9. The average Bonchev–Trinajstić information content (AvgIpc) is 3.07. The predicted molar refractivity (Wildman–Crippen MR) is 75.6 cm³/mol. The first-order valence-corrected chi connectivity index (χ1v) is 7.33. The van der Waals surface area contributed by atoms with Gasteiger partial charge in [-0.2, -0.15) is 0 Å². The molecule has 0 aliphatic carbocycles. The van der Waals surface area contributed by atoms with Crippen LogP contribution in [0.1, 0.15) is 44.2 Å². The smallest absolute Gasteiger partial charge is 0.269 e. The van der Waals surface area contributed by atoms with Crippen molar-refractivity contribution >= 4 is 5.69 Å². The molecule has 4 unspecified atom stereocenters. The molecular weight excluding hydrogens is 256 g/mol. The minimum Gasteiger partial charge on any atom is -0.373 e. The first-order valence-electron chi connectivity index (χ1n) is 7.33. The summed E-state index contributed by atoms with van der Waals surface area (Å²) in [5.74, 6) is 0. The molecule has 5 nitrogen and oxygen atoms in total. The second kappa shape index (κ2) is 5.50. The summed E-state index contributed by atoms with van der Waals surface area (Å²) in [6.45, 7) is 2.10. The number of nitrogens with one attached hydrogen (secondary N) is 1. The summed E-state index contributed by atoms with van der Waals surface area (Å²) in [5, 5.41) is 14.5. The van der Waals surface area contributed by atoms with Gasteiger partial charge >= 0.3 is 0 Å². The van der Waals surface area contributed by atoms with Gasteiger partial charge in [-0.25, -0.2) is 0 Å². The van der Waals surface area contributed by atoms with Crippen molar-refractivity contribution in [3.8, 4) is 0 Å². The summed E-state index contributed by atoms with van der Waals surface area (Å²) < 4.78 is 5.86. The molecule has 1 aromatic carbocycles. The van der Waals surface area contributed by atoms with Gasteiger partial charge in [-0.05, 0) is 31.2 Å². The van der Waals surface area contributed by atoms with Crippen molar-refractivity contribution in [2.75, 3.05) is 0 Å². The number of ether oxygens (including phenoxy) is 1. The summed E-state index contributed by atoms with van der Waals surface area (Å²) in [4.78, 5) is 10.5. The average molecular weight is 276 g/mol. The highest BCUT2D eigenvalue weighted by atomic mass is 16.6. The van der Waals surface area contributed by atoms with Crippen molar-refractivity contribution in [2.45, 2.75) is 56.9 Å². The van der Waals surface area contributed by atoms with Crippen LogP contribution < -0.4 is 5.32 Å². The van der Waals surface area contributed by atoms with Crippen molar-refractivity contribution in [1.82, 2.24) is 5.32 Å². The zero-order valence-corrected chi connectivity index (χ0v) is 11.6. The lowest BCUT2D eigenvalue weighted by Crippen LogP contribution is -2.39. The number of hydrogen-bond donors (Lipinski definition) is 1. The van der Waals surface area contributed by atoms with Crippen LogP contribution in [0.25, 0.3) is 0 Å². The van der Waals surface area contributed by atoms with Gasteiger partial charge in [0, 0.05) is 24.2 Å². The Morgan fingerprint density at radius 2 is 2.35 bits per heavy atom. The first-order chi connectivity index (χ1) is 9.67. The number of nitrogens with zero attached hydrogens (tertiary/aromatic N) is 1. The van der Waals surface area contributed by atoms with Gasteiger partial charge in [-0.1, -0.05) is 19.1 Å². The number of nitro benzene ring substituents is 1. The minimum atomic E-state index is -0.336. The van der Waals surface area contributed by atoms with E-state index in [1.54, 1.807) is 12.1 Å². The topological polar surface area (TPSA) is 64.4 Å². The SMILES string of the molecule is CCC(NC1CC2CCC1O2)c1cccc([N+](=O)[O-])c1. The quantitative estimate of drug-likeness (QED) is 0.663. The maximum Gasteiger partial charge on any atom is 0.269 e. The third kappa shape index (κ3) is 2.55. The zero-order valence-electron chi connectivity index (χ0n) is 11.6. The Balaban J connectivity index is 1.73. The lowest BCUT2D eigenvalue weighted by Gasteiger charge is -2.26. The Morgan fingerprint density at radius 3 is 2.95 bits per heavy atom. The van der Waals surface area contributed by atoms with Crippen LogP contribution >= 0.6 is 0 Å². The molecule has 0 amide bonds. The van der Waals surface area contributed by atoms with Crippen molar-refractivity contribution in [3.05, 3.63) is 39.9 Å². The molecular formula is C15H20N2O3. The van der Waals surface area contributed by atoms with Crippen molar-refractivity contribution in [3.63, 3.8) is 0 Å². The van der Waals surface area contributed by atoms with E-state index in [4.69, 9.17) is 4.74 Å². The maximum absolute atomic E-state index is 10.9. The van der Waals surface area contributed by atoms with E-state index in [0.717, 1.165) is 24.8 Å². The molecule has 0 radical (unpaired) electrons.